The molecule has 156 valence electrons. The summed E-state index contributed by atoms with van der Waals surface area (Å²) in [5.41, 5.74) is 12.7. The molecule has 0 aliphatic heterocycles. The Labute approximate surface area is 178 Å². The molecule has 0 radical (unpaired) electrons. The molecule has 4 rings (SSSR count). The summed E-state index contributed by atoms with van der Waals surface area (Å²) >= 11 is 1.34. The van der Waals surface area contributed by atoms with Crippen molar-refractivity contribution in [1.29, 1.82) is 0 Å². The lowest BCUT2D eigenvalue weighted by Crippen LogP contribution is -2.42. The highest BCUT2D eigenvalue weighted by molar-refractivity contribution is 7.99. The molecule has 2 atom stereocenters. The molecule has 0 bridgehead atoms. The summed E-state index contributed by atoms with van der Waals surface area (Å²) in [7, 11) is 0. The van der Waals surface area contributed by atoms with Crippen LogP contribution in [0.5, 0.6) is 0 Å². The molecule has 1 aliphatic carbocycles. The summed E-state index contributed by atoms with van der Waals surface area (Å²) in [6, 6.07) is 10.7. The third kappa shape index (κ3) is 5.17. The Morgan fingerprint density at radius 3 is 2.53 bits per heavy atom. The Hall–Kier alpha value is -2.91. The summed E-state index contributed by atoms with van der Waals surface area (Å²) in [6.07, 6.45) is 7.64. The topological polar surface area (TPSA) is 115 Å². The predicted octanol–water partition coefficient (Wildman–Crippen LogP) is 4.17. The molecule has 0 amide bonds. The van der Waals surface area contributed by atoms with Crippen molar-refractivity contribution < 1.29 is 4.39 Å². The number of aromatic nitrogens is 3. The average Bonchev–Trinajstić information content (AvgIpc) is 2.72. The molecule has 2 heterocycles. The second-order valence-electron chi connectivity index (χ2n) is 7.25. The Bertz CT molecular complexity index is 1000. The highest BCUT2D eigenvalue weighted by Crippen LogP contribution is 2.31. The van der Waals surface area contributed by atoms with Crippen molar-refractivity contribution in [2.24, 2.45) is 5.73 Å². The minimum Gasteiger partial charge on any atom is -0.368 e. The van der Waals surface area contributed by atoms with E-state index in [9.17, 15) is 4.39 Å². The SMILES string of the molecule is Nc1nc(Nc2ccc(Sc3ccncc3)c(F)c2)cc(N[C@H]2CCCC[C@@H]2N)n1. The molecule has 1 aromatic carbocycles. The van der Waals surface area contributed by atoms with Gasteiger partial charge in [-0.1, -0.05) is 24.6 Å². The van der Waals surface area contributed by atoms with E-state index in [-0.39, 0.29) is 23.8 Å². The van der Waals surface area contributed by atoms with Crippen molar-refractivity contribution in [3.8, 4) is 0 Å². The van der Waals surface area contributed by atoms with Gasteiger partial charge in [-0.2, -0.15) is 9.97 Å². The molecule has 1 saturated carbocycles. The molecule has 30 heavy (non-hydrogen) atoms. The number of nitrogens with one attached hydrogen (secondary N) is 2. The van der Waals surface area contributed by atoms with Crippen LogP contribution >= 0.6 is 11.8 Å². The van der Waals surface area contributed by atoms with Crippen LogP contribution < -0.4 is 22.1 Å². The number of nitrogen functional groups attached to an aromatic ring is 1. The molecule has 0 spiro atoms. The van der Waals surface area contributed by atoms with Gasteiger partial charge in [-0.25, -0.2) is 4.39 Å². The first-order valence-electron chi connectivity index (χ1n) is 9.88. The predicted molar refractivity (Wildman–Crippen MR) is 118 cm³/mol. The van der Waals surface area contributed by atoms with Gasteiger partial charge in [0.2, 0.25) is 5.95 Å². The second kappa shape index (κ2) is 9.27. The number of anilines is 4. The van der Waals surface area contributed by atoms with Crippen molar-refractivity contribution in [3.05, 3.63) is 54.6 Å². The molecule has 3 aromatic rings. The second-order valence-corrected chi connectivity index (χ2v) is 8.37. The van der Waals surface area contributed by atoms with Gasteiger partial charge in [-0.05, 0) is 43.2 Å². The van der Waals surface area contributed by atoms with Crippen LogP contribution in [-0.2, 0) is 0 Å². The fourth-order valence-corrected chi connectivity index (χ4v) is 4.28. The van der Waals surface area contributed by atoms with Crippen molar-refractivity contribution in [2.75, 3.05) is 16.4 Å². The van der Waals surface area contributed by atoms with Gasteiger partial charge in [0.25, 0.3) is 0 Å². The molecule has 1 aliphatic rings. The summed E-state index contributed by atoms with van der Waals surface area (Å²) in [5.74, 6) is 0.911. The van der Waals surface area contributed by atoms with Crippen LogP contribution in [0.4, 0.5) is 27.7 Å². The van der Waals surface area contributed by atoms with Crippen molar-refractivity contribution in [3.63, 3.8) is 0 Å². The van der Waals surface area contributed by atoms with Gasteiger partial charge in [-0.15, -0.1) is 0 Å². The van der Waals surface area contributed by atoms with Gasteiger partial charge < -0.3 is 22.1 Å². The number of nitrogens with two attached hydrogens (primary N) is 2. The Morgan fingerprint density at radius 1 is 1.00 bits per heavy atom. The highest BCUT2D eigenvalue weighted by atomic mass is 32.2. The minimum absolute atomic E-state index is 0.0888. The molecule has 7 nitrogen and oxygen atoms in total. The highest BCUT2D eigenvalue weighted by Gasteiger charge is 2.22. The van der Waals surface area contributed by atoms with Crippen LogP contribution in [0.25, 0.3) is 0 Å². The van der Waals surface area contributed by atoms with Gasteiger partial charge in [0.15, 0.2) is 0 Å². The monoisotopic (exact) mass is 425 g/mol. The van der Waals surface area contributed by atoms with Gasteiger partial charge in [0.05, 0.1) is 0 Å². The minimum atomic E-state index is -0.324. The maximum atomic E-state index is 14.6. The summed E-state index contributed by atoms with van der Waals surface area (Å²) < 4.78 is 14.6. The number of nitrogens with zero attached hydrogens (tertiary/aromatic N) is 3. The van der Waals surface area contributed by atoms with E-state index in [4.69, 9.17) is 11.5 Å². The van der Waals surface area contributed by atoms with Gasteiger partial charge >= 0.3 is 0 Å². The normalized spacial score (nSPS) is 18.7. The van der Waals surface area contributed by atoms with E-state index >= 15 is 0 Å². The average molecular weight is 426 g/mol. The summed E-state index contributed by atoms with van der Waals surface area (Å²) in [5, 5.41) is 6.47. The number of rotatable bonds is 6. The first-order valence-corrected chi connectivity index (χ1v) is 10.7. The van der Waals surface area contributed by atoms with Gasteiger partial charge in [0.1, 0.15) is 17.5 Å². The van der Waals surface area contributed by atoms with Crippen LogP contribution in [0, 0.1) is 5.82 Å². The van der Waals surface area contributed by atoms with Crippen LogP contribution in [0.3, 0.4) is 0 Å². The first kappa shape index (κ1) is 20.4. The zero-order valence-corrected chi connectivity index (χ0v) is 17.2. The number of benzene rings is 1. The van der Waals surface area contributed by atoms with Crippen LogP contribution in [-0.4, -0.2) is 27.0 Å². The Kier molecular flexibility index (Phi) is 6.29. The van der Waals surface area contributed by atoms with E-state index in [1.54, 1.807) is 30.6 Å². The van der Waals surface area contributed by atoms with E-state index in [0.717, 1.165) is 30.6 Å². The smallest absolute Gasteiger partial charge is 0.223 e. The van der Waals surface area contributed by atoms with E-state index in [0.29, 0.717) is 22.2 Å². The van der Waals surface area contributed by atoms with Crippen molar-refractivity contribution in [1.82, 2.24) is 15.0 Å². The molecule has 1 fully saturated rings. The zero-order valence-electron chi connectivity index (χ0n) is 16.4. The van der Waals surface area contributed by atoms with E-state index in [2.05, 4.69) is 25.6 Å². The lowest BCUT2D eigenvalue weighted by Gasteiger charge is -2.29. The van der Waals surface area contributed by atoms with Crippen LogP contribution in [0.2, 0.25) is 0 Å². The Morgan fingerprint density at radius 2 is 1.77 bits per heavy atom. The summed E-state index contributed by atoms with van der Waals surface area (Å²) in [4.78, 5) is 13.9. The molecule has 9 heteroatoms. The molecule has 2 aromatic heterocycles. The van der Waals surface area contributed by atoms with E-state index in [1.165, 1.54) is 17.8 Å². The van der Waals surface area contributed by atoms with Crippen LogP contribution in [0.15, 0.2) is 58.6 Å². The first-order chi connectivity index (χ1) is 14.6. The zero-order chi connectivity index (χ0) is 20.9. The maximum Gasteiger partial charge on any atom is 0.223 e. The lowest BCUT2D eigenvalue weighted by atomic mass is 9.91. The summed E-state index contributed by atoms with van der Waals surface area (Å²) in [6.45, 7) is 0. The van der Waals surface area contributed by atoms with Gasteiger partial charge in [0, 0.05) is 46.0 Å². The molecular weight excluding hydrogens is 401 g/mol. The lowest BCUT2D eigenvalue weighted by molar-refractivity contribution is 0.403. The quantitative estimate of drug-likeness (QED) is 0.465. The van der Waals surface area contributed by atoms with E-state index < -0.39 is 0 Å². The van der Waals surface area contributed by atoms with Crippen molar-refractivity contribution >= 4 is 35.0 Å². The third-order valence-corrected chi connectivity index (χ3v) is 6.04. The molecular formula is C21H24FN7S. The third-order valence-electron chi connectivity index (χ3n) is 4.98. The molecule has 0 unspecified atom stereocenters. The Balaban J connectivity index is 1.47. The maximum absolute atomic E-state index is 14.6. The number of halogens is 1. The van der Waals surface area contributed by atoms with E-state index in [1.807, 2.05) is 12.1 Å². The fraction of sp³-hybridized carbons (Fsp3) is 0.286. The fourth-order valence-electron chi connectivity index (χ4n) is 3.48. The number of hydrogen-bond donors (Lipinski definition) is 4. The number of hydrogen-bond acceptors (Lipinski definition) is 8. The van der Waals surface area contributed by atoms with Crippen LogP contribution in [0.1, 0.15) is 25.7 Å². The molecule has 6 N–H and O–H groups in total. The molecule has 0 saturated heterocycles. The van der Waals surface area contributed by atoms with Crippen molar-refractivity contribution in [2.45, 2.75) is 47.6 Å². The van der Waals surface area contributed by atoms with Gasteiger partial charge in [-0.3, -0.25) is 4.98 Å². The standard InChI is InChI=1S/C21H24FN7S/c22-15-11-13(5-6-18(15)30-14-7-9-25-10-8-14)26-19-12-20(29-21(24)28-19)27-17-4-2-1-3-16(17)23/h5-12,16-17H,1-4,23H2,(H4,24,26,27,28,29)/t16-,17-/m0/s1. The number of pyridine rings is 1. The largest absolute Gasteiger partial charge is 0.368 e.